The van der Waals surface area contributed by atoms with Gasteiger partial charge in [-0.2, -0.15) is 0 Å². The van der Waals surface area contributed by atoms with Crippen LogP contribution < -0.4 is 5.32 Å². The van der Waals surface area contributed by atoms with Crippen LogP contribution in [-0.4, -0.2) is 137 Å². The molecule has 0 saturated carbocycles. The van der Waals surface area contributed by atoms with Gasteiger partial charge in [0.05, 0.1) is 26.2 Å². The third-order valence-corrected chi connectivity index (χ3v) is 8.39. The molecule has 4 N–H and O–H groups in total. The molecular formula is C33H39N5O7. The Morgan fingerprint density at radius 1 is 0.533 bits per heavy atom. The molecule has 5 rings (SSSR count). The maximum Gasteiger partial charge on any atom is 0.317 e. The predicted octanol–water partition coefficient (Wildman–Crippen LogP) is 1.68. The lowest BCUT2D eigenvalue weighted by atomic mass is 9.93. The topological polar surface area (TPSA) is 154 Å². The summed E-state index contributed by atoms with van der Waals surface area (Å²) in [4.78, 5) is 54.7. The molecule has 0 atom stereocenters. The van der Waals surface area contributed by atoms with E-state index in [0.717, 1.165) is 16.3 Å². The second-order valence-corrected chi connectivity index (χ2v) is 11.7. The van der Waals surface area contributed by atoms with Gasteiger partial charge >= 0.3 is 17.9 Å². The number of carboxylic acid groups (broad SMARTS) is 3. The molecule has 1 amide bonds. The number of nitrogens with zero attached hydrogens (tertiary/aromatic N) is 4. The van der Waals surface area contributed by atoms with Crippen molar-refractivity contribution < 1.29 is 34.5 Å². The highest BCUT2D eigenvalue weighted by Gasteiger charge is 2.21. The van der Waals surface area contributed by atoms with E-state index >= 15 is 0 Å². The zero-order valence-corrected chi connectivity index (χ0v) is 25.2. The zero-order valence-electron chi connectivity index (χ0n) is 25.2. The molecule has 0 aromatic heterocycles. The van der Waals surface area contributed by atoms with E-state index in [4.69, 9.17) is 0 Å². The van der Waals surface area contributed by atoms with Gasteiger partial charge in [-0.3, -0.25) is 38.8 Å². The van der Waals surface area contributed by atoms with E-state index < -0.39 is 17.9 Å². The van der Waals surface area contributed by atoms with Gasteiger partial charge < -0.3 is 20.6 Å². The average Bonchev–Trinajstić information content (AvgIpc) is 2.99. The van der Waals surface area contributed by atoms with Crippen molar-refractivity contribution in [3.05, 3.63) is 60.2 Å². The molecule has 45 heavy (non-hydrogen) atoms. The second-order valence-electron chi connectivity index (χ2n) is 11.7. The fourth-order valence-corrected chi connectivity index (χ4v) is 6.16. The van der Waals surface area contributed by atoms with Crippen molar-refractivity contribution in [2.45, 2.75) is 6.54 Å². The molecule has 0 aliphatic carbocycles. The fourth-order valence-electron chi connectivity index (χ4n) is 6.16. The smallest absolute Gasteiger partial charge is 0.317 e. The minimum absolute atomic E-state index is 0.0707. The highest BCUT2D eigenvalue weighted by molar-refractivity contribution is 6.23. The standard InChI is InChI=1S/C33H39N5O7/c39-28(34-18-23-16-26-6-4-24-2-1-3-25-5-7-27(17-23)33(26)32(24)25)19-35-8-10-36(20-29(40)41)12-14-38(22-31(44)45)15-13-37(11-9-35)21-30(42)43/h1-7,16-17H,8-15,18-22H2,(H,34,39)(H,40,41)(H,42,43)(H,44,45). The third kappa shape index (κ3) is 8.64. The molecule has 12 heteroatoms. The summed E-state index contributed by atoms with van der Waals surface area (Å²) in [6.45, 7) is 2.57. The maximum atomic E-state index is 13.2. The number of amides is 1. The summed E-state index contributed by atoms with van der Waals surface area (Å²) in [7, 11) is 0. The lowest BCUT2D eigenvalue weighted by Gasteiger charge is -2.32. The number of hydrogen-bond donors (Lipinski definition) is 4. The molecule has 12 nitrogen and oxygen atoms in total. The third-order valence-electron chi connectivity index (χ3n) is 8.39. The molecule has 0 unspecified atom stereocenters. The first-order chi connectivity index (χ1) is 21.6. The molecule has 1 aliphatic heterocycles. The molecule has 0 bridgehead atoms. The average molecular weight is 618 g/mol. The molecule has 4 aromatic carbocycles. The van der Waals surface area contributed by atoms with Gasteiger partial charge in [0.25, 0.3) is 0 Å². The normalized spacial score (nSPS) is 16.9. The van der Waals surface area contributed by atoms with Crippen molar-refractivity contribution in [3.63, 3.8) is 0 Å². The Balaban J connectivity index is 1.26. The first kappa shape index (κ1) is 32.0. The number of carbonyl (C=O) groups is 4. The Bertz CT molecular complexity index is 1580. The fraction of sp³-hybridized carbons (Fsp3) is 0.394. The number of rotatable bonds is 10. The molecule has 238 valence electrons. The van der Waals surface area contributed by atoms with E-state index in [1.54, 1.807) is 14.7 Å². The van der Waals surface area contributed by atoms with E-state index in [1.165, 1.54) is 21.5 Å². The zero-order chi connectivity index (χ0) is 31.9. The van der Waals surface area contributed by atoms with Gasteiger partial charge in [0.15, 0.2) is 0 Å². The summed E-state index contributed by atoms with van der Waals surface area (Å²) in [5.41, 5.74) is 0.981. The SMILES string of the molecule is O=C(O)CN1CCN(CC(=O)O)CCN(CC(=O)NCc2cc3ccc4cccc5ccc(c2)c3c45)CCN(CC(=O)O)CC1. The minimum Gasteiger partial charge on any atom is -0.480 e. The quantitative estimate of drug-likeness (QED) is 0.192. The lowest BCUT2D eigenvalue weighted by Crippen LogP contribution is -2.49. The largest absolute Gasteiger partial charge is 0.480 e. The summed E-state index contributed by atoms with van der Waals surface area (Å²) in [5.74, 6) is -3.17. The summed E-state index contributed by atoms with van der Waals surface area (Å²) < 4.78 is 0. The molecule has 0 spiro atoms. The molecular weight excluding hydrogens is 578 g/mol. The predicted molar refractivity (Wildman–Crippen MR) is 171 cm³/mol. The van der Waals surface area contributed by atoms with Crippen LogP contribution in [0.25, 0.3) is 32.3 Å². The van der Waals surface area contributed by atoms with Gasteiger partial charge in [0.1, 0.15) is 0 Å². The van der Waals surface area contributed by atoms with Crippen LogP contribution in [0.3, 0.4) is 0 Å². The van der Waals surface area contributed by atoms with Crippen LogP contribution in [0.4, 0.5) is 0 Å². The minimum atomic E-state index is -1.00. The van der Waals surface area contributed by atoms with Gasteiger partial charge in [-0.25, -0.2) is 0 Å². The first-order valence-corrected chi connectivity index (χ1v) is 15.1. The highest BCUT2D eigenvalue weighted by Crippen LogP contribution is 2.35. The van der Waals surface area contributed by atoms with Crippen LogP contribution in [0, 0.1) is 0 Å². The first-order valence-electron chi connectivity index (χ1n) is 15.1. The van der Waals surface area contributed by atoms with E-state index in [9.17, 15) is 34.5 Å². The summed E-state index contributed by atoms with van der Waals surface area (Å²) in [5, 5.41) is 38.3. The van der Waals surface area contributed by atoms with Crippen molar-refractivity contribution in [1.29, 1.82) is 0 Å². The van der Waals surface area contributed by atoms with Crippen LogP contribution in [-0.2, 0) is 25.7 Å². The van der Waals surface area contributed by atoms with E-state index in [1.807, 2.05) is 4.90 Å². The Morgan fingerprint density at radius 2 is 0.889 bits per heavy atom. The van der Waals surface area contributed by atoms with E-state index in [-0.39, 0.29) is 32.1 Å². The molecule has 1 saturated heterocycles. The maximum absolute atomic E-state index is 13.2. The van der Waals surface area contributed by atoms with Gasteiger partial charge in [-0.05, 0) is 50.0 Å². The highest BCUT2D eigenvalue weighted by atomic mass is 16.4. The number of hydrogen-bond acceptors (Lipinski definition) is 8. The van der Waals surface area contributed by atoms with Crippen molar-refractivity contribution in [3.8, 4) is 0 Å². The molecule has 1 heterocycles. The monoisotopic (exact) mass is 617 g/mol. The Morgan fingerprint density at radius 3 is 1.29 bits per heavy atom. The summed E-state index contributed by atoms with van der Waals surface area (Å²) in [6.07, 6.45) is 0. The second kappa shape index (κ2) is 14.6. The Kier molecular flexibility index (Phi) is 10.4. The van der Waals surface area contributed by atoms with Crippen LogP contribution in [0.2, 0.25) is 0 Å². The van der Waals surface area contributed by atoms with Crippen LogP contribution in [0.15, 0.2) is 54.6 Å². The molecule has 1 fully saturated rings. The van der Waals surface area contributed by atoms with Crippen molar-refractivity contribution in [1.82, 2.24) is 24.9 Å². The van der Waals surface area contributed by atoms with Crippen LogP contribution >= 0.6 is 0 Å². The van der Waals surface area contributed by atoms with Gasteiger partial charge in [-0.15, -0.1) is 0 Å². The molecule has 4 aromatic rings. The van der Waals surface area contributed by atoms with Crippen molar-refractivity contribution in [2.75, 3.05) is 78.5 Å². The number of aliphatic carboxylic acids is 3. The van der Waals surface area contributed by atoms with E-state index in [0.29, 0.717) is 58.9 Å². The number of benzene rings is 4. The molecule has 0 radical (unpaired) electrons. The Hall–Kier alpha value is -4.36. The van der Waals surface area contributed by atoms with Crippen LogP contribution in [0.1, 0.15) is 5.56 Å². The number of carbonyl (C=O) groups excluding carboxylic acids is 1. The molecule has 1 aliphatic rings. The van der Waals surface area contributed by atoms with Gasteiger partial charge in [0, 0.05) is 58.9 Å². The number of carboxylic acids is 3. The number of nitrogens with one attached hydrogen (secondary N) is 1. The summed E-state index contributed by atoms with van der Waals surface area (Å²) >= 11 is 0. The van der Waals surface area contributed by atoms with Crippen molar-refractivity contribution in [2.24, 2.45) is 0 Å². The van der Waals surface area contributed by atoms with Gasteiger partial charge in [-0.1, -0.05) is 42.5 Å². The lowest BCUT2D eigenvalue weighted by molar-refractivity contribution is -0.140. The van der Waals surface area contributed by atoms with Crippen LogP contribution in [0.5, 0.6) is 0 Å². The van der Waals surface area contributed by atoms with Crippen molar-refractivity contribution >= 4 is 56.1 Å². The summed E-state index contributed by atoms with van der Waals surface area (Å²) in [6, 6.07) is 19.0. The van der Waals surface area contributed by atoms with E-state index in [2.05, 4.69) is 59.9 Å². The Labute approximate surface area is 260 Å². The van der Waals surface area contributed by atoms with Gasteiger partial charge in [0.2, 0.25) is 5.91 Å².